The molecule has 26 heavy (non-hydrogen) atoms. The summed E-state index contributed by atoms with van der Waals surface area (Å²) in [5.41, 5.74) is 0.881. The molecule has 0 aromatic carbocycles. The first-order valence-electron chi connectivity index (χ1n) is 10.1. The molecule has 7 atom stereocenters. The van der Waals surface area contributed by atoms with Crippen LogP contribution in [0.3, 0.4) is 0 Å². The fraction of sp³-hybridized carbons (Fsp3) is 0.773. The molecule has 0 amide bonds. The van der Waals surface area contributed by atoms with Crippen molar-refractivity contribution >= 4 is 33.3 Å². The molecule has 4 heteroatoms. The number of carbonyl (C=O) groups is 3. The largest absolute Gasteiger partial charge is 0.299 e. The van der Waals surface area contributed by atoms with Crippen LogP contribution < -0.4 is 0 Å². The predicted molar refractivity (Wildman–Crippen MR) is 104 cm³/mol. The molecule has 0 N–H and O–H groups in total. The lowest BCUT2D eigenvalue weighted by Gasteiger charge is -2.56. The molecule has 0 aliphatic heterocycles. The molecular formula is C22H29BrO3. The van der Waals surface area contributed by atoms with E-state index in [0.717, 1.165) is 25.7 Å². The Bertz CT molecular complexity index is 710. The Morgan fingerprint density at radius 1 is 1.27 bits per heavy atom. The number of ketones is 3. The standard InChI is InChI=1S/C22H29BrO3/c1-12-8-16-15-5-4-13-9-14(24)6-7-21(13,2)20(15)17(25)10-22(16,3)19(12)18(26)11-23/h9,12,15-16,19-20H,4-8,10-11H2,1-3H3/t12-,15+,16+,19-,20-,21+,22+/m1/s1. The molecule has 0 saturated heterocycles. The van der Waals surface area contributed by atoms with Gasteiger partial charge in [-0.1, -0.05) is 42.3 Å². The number of halogens is 1. The molecule has 0 heterocycles. The minimum atomic E-state index is -0.190. The van der Waals surface area contributed by atoms with Crippen molar-refractivity contribution in [1.82, 2.24) is 0 Å². The number of carbonyl (C=O) groups excluding carboxylic acids is 3. The van der Waals surface area contributed by atoms with Gasteiger partial charge in [-0.3, -0.25) is 14.4 Å². The summed E-state index contributed by atoms with van der Waals surface area (Å²) in [5, 5.41) is 0.388. The summed E-state index contributed by atoms with van der Waals surface area (Å²) in [6, 6.07) is 0. The van der Waals surface area contributed by atoms with E-state index in [1.165, 1.54) is 5.57 Å². The lowest BCUT2D eigenvalue weighted by Crippen LogP contribution is -2.55. The van der Waals surface area contributed by atoms with Crippen molar-refractivity contribution in [3.8, 4) is 0 Å². The van der Waals surface area contributed by atoms with Gasteiger partial charge in [-0.2, -0.15) is 0 Å². The molecule has 142 valence electrons. The lowest BCUT2D eigenvalue weighted by atomic mass is 9.46. The summed E-state index contributed by atoms with van der Waals surface area (Å²) in [7, 11) is 0. The Morgan fingerprint density at radius 2 is 2.00 bits per heavy atom. The third-order valence-electron chi connectivity index (χ3n) is 8.47. The Kier molecular flexibility index (Phi) is 4.37. The van der Waals surface area contributed by atoms with Gasteiger partial charge in [-0.15, -0.1) is 0 Å². The van der Waals surface area contributed by atoms with Crippen LogP contribution >= 0.6 is 15.9 Å². The third kappa shape index (κ3) is 2.40. The Hall–Kier alpha value is -0.770. The average Bonchev–Trinajstić information content (AvgIpc) is 2.84. The number of fused-ring (bicyclic) bond motifs is 5. The SMILES string of the molecule is C[C@@H]1C[C@H]2[C@@H]3CCC4=CC(=O)CC[C@]4(C)[C@H]3C(=O)C[C@]2(C)[C@H]1C(=O)CBr. The van der Waals surface area contributed by atoms with Crippen LogP contribution in [0.1, 0.15) is 59.3 Å². The van der Waals surface area contributed by atoms with Gasteiger partial charge in [-0.05, 0) is 60.3 Å². The van der Waals surface area contributed by atoms with Crippen LogP contribution in [0.25, 0.3) is 0 Å². The van der Waals surface area contributed by atoms with E-state index < -0.39 is 0 Å². The highest BCUT2D eigenvalue weighted by Gasteiger charge is 2.64. The second-order valence-corrected chi connectivity index (χ2v) is 10.3. The van der Waals surface area contributed by atoms with Crippen LogP contribution in [-0.2, 0) is 14.4 Å². The normalized spacial score (nSPS) is 47.7. The second-order valence-electron chi connectivity index (χ2n) is 9.78. The summed E-state index contributed by atoms with van der Waals surface area (Å²) in [5.74, 6) is 2.03. The number of Topliss-reactive ketones (excluding diaryl/α,β-unsaturated/α-hetero) is 2. The van der Waals surface area contributed by atoms with Crippen molar-refractivity contribution in [3.05, 3.63) is 11.6 Å². The van der Waals surface area contributed by atoms with Gasteiger partial charge in [0.05, 0.1) is 5.33 Å². The first-order chi connectivity index (χ1) is 12.2. The summed E-state index contributed by atoms with van der Waals surface area (Å²) < 4.78 is 0. The Balaban J connectivity index is 1.74. The molecule has 4 aliphatic rings. The molecular weight excluding hydrogens is 392 g/mol. The van der Waals surface area contributed by atoms with Crippen molar-refractivity contribution in [2.24, 2.45) is 40.4 Å². The fourth-order valence-electron chi connectivity index (χ4n) is 7.52. The monoisotopic (exact) mass is 420 g/mol. The number of rotatable bonds is 2. The van der Waals surface area contributed by atoms with Crippen LogP contribution in [0.5, 0.6) is 0 Å². The molecule has 3 saturated carbocycles. The summed E-state index contributed by atoms with van der Waals surface area (Å²) in [6.07, 6.45) is 6.75. The Labute approximate surface area is 164 Å². The quantitative estimate of drug-likeness (QED) is 0.616. The van der Waals surface area contributed by atoms with Crippen molar-refractivity contribution in [2.75, 3.05) is 5.33 Å². The summed E-state index contributed by atoms with van der Waals surface area (Å²) in [4.78, 5) is 38.0. The zero-order valence-electron chi connectivity index (χ0n) is 16.0. The van der Waals surface area contributed by atoms with E-state index in [2.05, 4.69) is 36.7 Å². The van der Waals surface area contributed by atoms with Crippen LogP contribution in [0.2, 0.25) is 0 Å². The molecule has 0 radical (unpaired) electrons. The predicted octanol–water partition coefficient (Wildman–Crippen LogP) is 4.52. The second kappa shape index (κ2) is 6.12. The summed E-state index contributed by atoms with van der Waals surface area (Å²) in [6.45, 7) is 6.63. The van der Waals surface area contributed by atoms with Gasteiger partial charge < -0.3 is 0 Å². The van der Waals surface area contributed by atoms with E-state index in [9.17, 15) is 14.4 Å². The Morgan fingerprint density at radius 3 is 2.69 bits per heavy atom. The molecule has 0 bridgehead atoms. The molecule has 3 nitrogen and oxygen atoms in total. The van der Waals surface area contributed by atoms with Crippen molar-refractivity contribution in [2.45, 2.75) is 59.3 Å². The minimum absolute atomic E-state index is 0.00514. The maximum absolute atomic E-state index is 13.4. The van der Waals surface area contributed by atoms with Gasteiger partial charge in [0.1, 0.15) is 11.6 Å². The maximum Gasteiger partial charge on any atom is 0.155 e. The lowest BCUT2D eigenvalue weighted by molar-refractivity contribution is -0.148. The molecule has 0 aromatic rings. The smallest absolute Gasteiger partial charge is 0.155 e. The molecule has 4 aliphatic carbocycles. The molecule has 0 unspecified atom stereocenters. The van der Waals surface area contributed by atoms with Crippen LogP contribution in [0.4, 0.5) is 0 Å². The van der Waals surface area contributed by atoms with E-state index in [1.807, 2.05) is 6.08 Å². The van der Waals surface area contributed by atoms with Crippen molar-refractivity contribution < 1.29 is 14.4 Å². The number of hydrogen-bond donors (Lipinski definition) is 0. The van der Waals surface area contributed by atoms with E-state index >= 15 is 0 Å². The molecule has 0 aromatic heterocycles. The third-order valence-corrected chi connectivity index (χ3v) is 9.02. The van der Waals surface area contributed by atoms with Gasteiger partial charge in [0.15, 0.2) is 5.78 Å². The van der Waals surface area contributed by atoms with Crippen LogP contribution in [0.15, 0.2) is 11.6 Å². The highest BCUT2D eigenvalue weighted by Crippen LogP contribution is 2.66. The highest BCUT2D eigenvalue weighted by atomic mass is 79.9. The molecule has 0 spiro atoms. The first kappa shape index (κ1) is 18.6. The number of hydrogen-bond acceptors (Lipinski definition) is 3. The van der Waals surface area contributed by atoms with Crippen LogP contribution in [-0.4, -0.2) is 22.7 Å². The van der Waals surface area contributed by atoms with E-state index in [0.29, 0.717) is 41.7 Å². The van der Waals surface area contributed by atoms with Crippen LogP contribution in [0, 0.1) is 40.4 Å². The van der Waals surface area contributed by atoms with Gasteiger partial charge in [-0.25, -0.2) is 0 Å². The topological polar surface area (TPSA) is 51.2 Å². The van der Waals surface area contributed by atoms with E-state index in [1.54, 1.807) is 0 Å². The highest BCUT2D eigenvalue weighted by molar-refractivity contribution is 9.09. The fourth-order valence-corrected chi connectivity index (χ4v) is 7.87. The first-order valence-corrected chi connectivity index (χ1v) is 11.2. The van der Waals surface area contributed by atoms with Gasteiger partial charge in [0.2, 0.25) is 0 Å². The zero-order valence-corrected chi connectivity index (χ0v) is 17.6. The average molecular weight is 421 g/mol. The van der Waals surface area contributed by atoms with Gasteiger partial charge >= 0.3 is 0 Å². The molecule has 4 rings (SSSR count). The molecule has 3 fully saturated rings. The number of allylic oxidation sites excluding steroid dienone is 1. The van der Waals surface area contributed by atoms with Gasteiger partial charge in [0, 0.05) is 24.7 Å². The van der Waals surface area contributed by atoms with E-state index in [4.69, 9.17) is 0 Å². The zero-order chi connectivity index (χ0) is 18.9. The van der Waals surface area contributed by atoms with Crippen molar-refractivity contribution in [1.29, 1.82) is 0 Å². The number of alkyl halides is 1. The van der Waals surface area contributed by atoms with Gasteiger partial charge in [0.25, 0.3) is 0 Å². The van der Waals surface area contributed by atoms with E-state index in [-0.39, 0.29) is 34.2 Å². The maximum atomic E-state index is 13.4. The summed E-state index contributed by atoms with van der Waals surface area (Å²) >= 11 is 3.36. The minimum Gasteiger partial charge on any atom is -0.299 e. The van der Waals surface area contributed by atoms with Crippen molar-refractivity contribution in [3.63, 3.8) is 0 Å².